The van der Waals surface area contributed by atoms with Gasteiger partial charge in [-0.25, -0.2) is 9.97 Å². The lowest BCUT2D eigenvalue weighted by Crippen LogP contribution is -2.22. The molecule has 1 N–H and O–H groups in total. The van der Waals surface area contributed by atoms with Gasteiger partial charge in [0, 0.05) is 25.2 Å². The summed E-state index contributed by atoms with van der Waals surface area (Å²) >= 11 is 0. The van der Waals surface area contributed by atoms with E-state index in [1.54, 1.807) is 6.33 Å². The topological polar surface area (TPSA) is 41.1 Å². The van der Waals surface area contributed by atoms with Crippen LogP contribution in [-0.2, 0) is 0 Å². The molecule has 4 nitrogen and oxygen atoms in total. The Bertz CT molecular complexity index is 370. The van der Waals surface area contributed by atoms with Crippen molar-refractivity contribution in [1.29, 1.82) is 0 Å². The van der Waals surface area contributed by atoms with Crippen molar-refractivity contribution in [1.82, 2.24) is 9.97 Å². The summed E-state index contributed by atoms with van der Waals surface area (Å²) in [5.74, 6) is 2.57. The van der Waals surface area contributed by atoms with Crippen molar-refractivity contribution in [3.63, 3.8) is 0 Å². The minimum Gasteiger partial charge on any atom is -0.370 e. The minimum absolute atomic E-state index is 0.445. The average Bonchev–Trinajstić information content (AvgIpc) is 2.82. The first kappa shape index (κ1) is 12.1. The van der Waals surface area contributed by atoms with E-state index in [4.69, 9.17) is 0 Å². The summed E-state index contributed by atoms with van der Waals surface area (Å²) in [5, 5.41) is 3.34. The van der Waals surface area contributed by atoms with E-state index >= 15 is 0 Å². The fourth-order valence-electron chi connectivity index (χ4n) is 2.41. The molecular weight excluding hydrogens is 212 g/mol. The van der Waals surface area contributed by atoms with Gasteiger partial charge in [0.05, 0.1) is 0 Å². The number of rotatable bonds is 4. The highest BCUT2D eigenvalue weighted by Crippen LogP contribution is 2.32. The van der Waals surface area contributed by atoms with E-state index in [1.807, 2.05) is 0 Å². The number of anilines is 2. The van der Waals surface area contributed by atoms with E-state index in [9.17, 15) is 0 Å². The maximum absolute atomic E-state index is 4.50. The van der Waals surface area contributed by atoms with E-state index in [0.29, 0.717) is 5.92 Å². The number of hydrogen-bond acceptors (Lipinski definition) is 4. The van der Waals surface area contributed by atoms with Crippen molar-refractivity contribution in [2.75, 3.05) is 29.9 Å². The standard InChI is InChI=1S/C13H22N4/c1-4-14-12-11(10(2)3)13(16-9-15-12)17-7-5-6-8-17/h9-10H,4-8H2,1-3H3,(H,14,15,16). The minimum atomic E-state index is 0.445. The van der Waals surface area contributed by atoms with Crippen LogP contribution in [0.5, 0.6) is 0 Å². The van der Waals surface area contributed by atoms with Gasteiger partial charge < -0.3 is 10.2 Å². The molecule has 1 aliphatic rings. The molecule has 4 heteroatoms. The molecule has 0 saturated carbocycles. The van der Waals surface area contributed by atoms with E-state index in [-0.39, 0.29) is 0 Å². The van der Waals surface area contributed by atoms with Crippen LogP contribution in [-0.4, -0.2) is 29.6 Å². The van der Waals surface area contributed by atoms with E-state index in [1.165, 1.54) is 18.4 Å². The van der Waals surface area contributed by atoms with Crippen LogP contribution < -0.4 is 10.2 Å². The highest BCUT2D eigenvalue weighted by atomic mass is 15.2. The van der Waals surface area contributed by atoms with E-state index in [2.05, 4.69) is 41.0 Å². The second kappa shape index (κ2) is 5.34. The van der Waals surface area contributed by atoms with Crippen molar-refractivity contribution in [3.8, 4) is 0 Å². The predicted molar refractivity (Wildman–Crippen MR) is 71.7 cm³/mol. The third-order valence-corrected chi connectivity index (χ3v) is 3.19. The average molecular weight is 234 g/mol. The lowest BCUT2D eigenvalue weighted by Gasteiger charge is -2.23. The van der Waals surface area contributed by atoms with Crippen molar-refractivity contribution in [3.05, 3.63) is 11.9 Å². The van der Waals surface area contributed by atoms with Crippen molar-refractivity contribution in [2.45, 2.75) is 39.5 Å². The number of nitrogens with zero attached hydrogens (tertiary/aromatic N) is 3. The van der Waals surface area contributed by atoms with Gasteiger partial charge in [-0.1, -0.05) is 13.8 Å². The molecule has 94 valence electrons. The molecule has 1 saturated heterocycles. The molecule has 0 spiro atoms. The van der Waals surface area contributed by atoms with Crippen molar-refractivity contribution >= 4 is 11.6 Å². The molecular formula is C13H22N4. The largest absolute Gasteiger partial charge is 0.370 e. The zero-order valence-corrected chi connectivity index (χ0v) is 11.0. The maximum atomic E-state index is 4.50. The molecule has 0 aliphatic carbocycles. The summed E-state index contributed by atoms with van der Waals surface area (Å²) in [6.07, 6.45) is 4.23. The summed E-state index contributed by atoms with van der Waals surface area (Å²) in [4.78, 5) is 11.3. The van der Waals surface area contributed by atoms with Gasteiger partial charge in [0.2, 0.25) is 0 Å². The van der Waals surface area contributed by atoms with Crippen LogP contribution in [0.2, 0.25) is 0 Å². The first-order valence-electron chi connectivity index (χ1n) is 6.57. The molecule has 1 fully saturated rings. The van der Waals surface area contributed by atoms with Crippen LogP contribution >= 0.6 is 0 Å². The third kappa shape index (κ3) is 2.51. The van der Waals surface area contributed by atoms with Gasteiger partial charge in [-0.2, -0.15) is 0 Å². The molecule has 2 rings (SSSR count). The summed E-state index contributed by atoms with van der Waals surface area (Å²) in [7, 11) is 0. The fraction of sp³-hybridized carbons (Fsp3) is 0.692. The van der Waals surface area contributed by atoms with Gasteiger partial charge in [-0.3, -0.25) is 0 Å². The molecule has 0 atom stereocenters. The Morgan fingerprint density at radius 2 is 2.00 bits per heavy atom. The zero-order chi connectivity index (χ0) is 12.3. The van der Waals surface area contributed by atoms with Crippen LogP contribution in [0.4, 0.5) is 11.6 Å². The molecule has 0 aromatic carbocycles. The zero-order valence-electron chi connectivity index (χ0n) is 11.0. The smallest absolute Gasteiger partial charge is 0.137 e. The normalized spacial score (nSPS) is 15.6. The molecule has 17 heavy (non-hydrogen) atoms. The van der Waals surface area contributed by atoms with Gasteiger partial charge in [0.25, 0.3) is 0 Å². The quantitative estimate of drug-likeness (QED) is 0.869. The SMILES string of the molecule is CCNc1ncnc(N2CCCC2)c1C(C)C. The van der Waals surface area contributed by atoms with E-state index in [0.717, 1.165) is 31.3 Å². The number of nitrogens with one attached hydrogen (secondary N) is 1. The lowest BCUT2D eigenvalue weighted by molar-refractivity contribution is 0.817. The molecule has 0 unspecified atom stereocenters. The summed E-state index contributed by atoms with van der Waals surface area (Å²) in [6, 6.07) is 0. The molecule has 0 amide bonds. The van der Waals surface area contributed by atoms with Crippen LogP contribution in [0.25, 0.3) is 0 Å². The monoisotopic (exact) mass is 234 g/mol. The molecule has 1 aromatic rings. The van der Waals surface area contributed by atoms with Gasteiger partial charge in [0.15, 0.2) is 0 Å². The van der Waals surface area contributed by atoms with E-state index < -0.39 is 0 Å². The fourth-order valence-corrected chi connectivity index (χ4v) is 2.41. The predicted octanol–water partition coefficient (Wildman–Crippen LogP) is 2.63. The van der Waals surface area contributed by atoms with Gasteiger partial charge in [-0.05, 0) is 25.7 Å². The second-order valence-electron chi connectivity index (χ2n) is 4.84. The Morgan fingerprint density at radius 1 is 1.29 bits per heavy atom. The number of aromatic nitrogens is 2. The highest BCUT2D eigenvalue weighted by molar-refractivity contribution is 5.60. The number of hydrogen-bond donors (Lipinski definition) is 1. The first-order valence-corrected chi connectivity index (χ1v) is 6.57. The third-order valence-electron chi connectivity index (χ3n) is 3.19. The summed E-state index contributed by atoms with van der Waals surface area (Å²) in [5.41, 5.74) is 1.26. The molecule has 0 bridgehead atoms. The van der Waals surface area contributed by atoms with Crippen LogP contribution in [0, 0.1) is 0 Å². The Morgan fingerprint density at radius 3 is 2.59 bits per heavy atom. The van der Waals surface area contributed by atoms with Crippen molar-refractivity contribution in [2.24, 2.45) is 0 Å². The van der Waals surface area contributed by atoms with Gasteiger partial charge in [0.1, 0.15) is 18.0 Å². The summed E-state index contributed by atoms with van der Waals surface area (Å²) in [6.45, 7) is 9.67. The Balaban J connectivity index is 2.38. The lowest BCUT2D eigenvalue weighted by atomic mass is 10.0. The van der Waals surface area contributed by atoms with Crippen LogP contribution in [0.1, 0.15) is 45.1 Å². The Labute approximate surface area is 103 Å². The highest BCUT2D eigenvalue weighted by Gasteiger charge is 2.21. The molecule has 0 radical (unpaired) electrons. The first-order chi connectivity index (χ1) is 8.24. The summed E-state index contributed by atoms with van der Waals surface area (Å²) < 4.78 is 0. The van der Waals surface area contributed by atoms with Crippen LogP contribution in [0.3, 0.4) is 0 Å². The Hall–Kier alpha value is -1.32. The van der Waals surface area contributed by atoms with Gasteiger partial charge in [-0.15, -0.1) is 0 Å². The molecule has 1 aromatic heterocycles. The van der Waals surface area contributed by atoms with Crippen molar-refractivity contribution < 1.29 is 0 Å². The van der Waals surface area contributed by atoms with Gasteiger partial charge >= 0.3 is 0 Å². The van der Waals surface area contributed by atoms with Crippen LogP contribution in [0.15, 0.2) is 6.33 Å². The Kier molecular flexibility index (Phi) is 3.82. The maximum Gasteiger partial charge on any atom is 0.137 e. The molecule has 2 heterocycles. The molecule has 1 aliphatic heterocycles. The second-order valence-corrected chi connectivity index (χ2v) is 4.84.